The number of piperazine rings is 1. The molecule has 1 N–H and O–H groups in total. The van der Waals surface area contributed by atoms with E-state index in [0.717, 1.165) is 88.0 Å². The summed E-state index contributed by atoms with van der Waals surface area (Å²) in [6, 6.07) is 15.3. The Hall–Kier alpha value is -2.70. The molecule has 0 radical (unpaired) electrons. The van der Waals surface area contributed by atoms with Gasteiger partial charge in [0.05, 0.1) is 0 Å². The lowest BCUT2D eigenvalue weighted by Crippen LogP contribution is -2.48. The Morgan fingerprint density at radius 3 is 2.47 bits per heavy atom. The first-order chi connectivity index (χ1) is 17.5. The molecule has 4 rings (SSSR count). The summed E-state index contributed by atoms with van der Waals surface area (Å²) in [6.45, 7) is 10.3. The average molecular weight is 493 g/mol. The van der Waals surface area contributed by atoms with Crippen LogP contribution in [0, 0.1) is 5.82 Å². The molecule has 6 heteroatoms. The Kier molecular flexibility index (Phi) is 9.54. The lowest BCUT2D eigenvalue weighted by Gasteiger charge is -2.35. The summed E-state index contributed by atoms with van der Waals surface area (Å²) >= 11 is 0. The van der Waals surface area contributed by atoms with Gasteiger partial charge in [-0.2, -0.15) is 0 Å². The molecule has 1 aliphatic rings. The molecule has 0 bridgehead atoms. The molecule has 1 atom stereocenters. The van der Waals surface area contributed by atoms with Crippen LogP contribution in [0.5, 0.6) is 0 Å². The Balaban J connectivity index is 1.21. The number of carbonyl (C=O) groups is 1. The van der Waals surface area contributed by atoms with Crippen LogP contribution < -0.4 is 4.90 Å². The van der Waals surface area contributed by atoms with Crippen LogP contribution in [0.4, 0.5) is 10.1 Å². The highest BCUT2D eigenvalue weighted by Gasteiger charge is 2.23. The molecule has 1 saturated heterocycles. The van der Waals surface area contributed by atoms with Crippen molar-refractivity contribution in [1.82, 2.24) is 14.8 Å². The number of aromatic nitrogens is 1. The number of aromatic amines is 1. The van der Waals surface area contributed by atoms with Crippen molar-refractivity contribution in [1.29, 1.82) is 0 Å². The van der Waals surface area contributed by atoms with Crippen molar-refractivity contribution in [3.8, 4) is 0 Å². The molecule has 2 aromatic carbocycles. The van der Waals surface area contributed by atoms with Gasteiger partial charge in [-0.1, -0.05) is 38.0 Å². The first kappa shape index (κ1) is 26.4. The maximum absolute atomic E-state index is 13.6. The van der Waals surface area contributed by atoms with Crippen molar-refractivity contribution in [3.63, 3.8) is 0 Å². The van der Waals surface area contributed by atoms with Gasteiger partial charge in [-0.05, 0) is 68.6 Å². The van der Waals surface area contributed by atoms with Gasteiger partial charge in [-0.15, -0.1) is 0 Å². The number of halogens is 1. The predicted molar refractivity (Wildman–Crippen MR) is 147 cm³/mol. The fraction of sp³-hybridized carbons (Fsp3) is 0.500. The number of hydrogen-bond donors (Lipinski definition) is 1. The first-order valence-electron chi connectivity index (χ1n) is 13.6. The molecule has 0 spiro atoms. The summed E-state index contributed by atoms with van der Waals surface area (Å²) in [7, 11) is 0. The van der Waals surface area contributed by atoms with Gasteiger partial charge in [0.25, 0.3) is 0 Å². The van der Waals surface area contributed by atoms with E-state index < -0.39 is 0 Å². The molecule has 1 fully saturated rings. The van der Waals surface area contributed by atoms with E-state index in [9.17, 15) is 9.18 Å². The lowest BCUT2D eigenvalue weighted by atomic mass is 10.1. The molecule has 1 unspecified atom stereocenters. The molecular weight excluding hydrogens is 451 g/mol. The minimum atomic E-state index is -0.180. The summed E-state index contributed by atoms with van der Waals surface area (Å²) in [5, 5.41) is 0.998. The zero-order valence-electron chi connectivity index (χ0n) is 21.9. The Morgan fingerprint density at radius 2 is 1.75 bits per heavy atom. The topological polar surface area (TPSA) is 42.6 Å². The number of anilines is 1. The number of nitrogens with zero attached hydrogens (tertiary/aromatic N) is 3. The van der Waals surface area contributed by atoms with Gasteiger partial charge in [0, 0.05) is 68.0 Å². The van der Waals surface area contributed by atoms with E-state index >= 15 is 0 Å². The van der Waals surface area contributed by atoms with Gasteiger partial charge >= 0.3 is 0 Å². The van der Waals surface area contributed by atoms with Gasteiger partial charge in [0.2, 0.25) is 5.91 Å². The SMILES string of the molecule is CCCCC(C)N(C(=O)CCN1CCN(CCCc2c[nH]c3ccc(F)cc23)CC1)c1ccccc1. The van der Waals surface area contributed by atoms with Gasteiger partial charge in [-0.3, -0.25) is 4.79 Å². The van der Waals surface area contributed by atoms with Crippen molar-refractivity contribution in [2.24, 2.45) is 0 Å². The number of para-hydroxylation sites is 1. The average Bonchev–Trinajstić information content (AvgIpc) is 3.29. The van der Waals surface area contributed by atoms with Crippen molar-refractivity contribution in [2.45, 2.75) is 58.4 Å². The number of nitrogens with one attached hydrogen (secondary N) is 1. The van der Waals surface area contributed by atoms with E-state index in [4.69, 9.17) is 0 Å². The van der Waals surface area contributed by atoms with Crippen LogP contribution in [0.2, 0.25) is 0 Å². The largest absolute Gasteiger partial charge is 0.361 e. The van der Waals surface area contributed by atoms with Crippen LogP contribution in [0.1, 0.15) is 51.5 Å². The van der Waals surface area contributed by atoms with E-state index in [-0.39, 0.29) is 17.8 Å². The standard InChI is InChI=1S/C30H41FN4O/c1-3-4-9-24(2)35(27-11-6-5-7-12-27)30(36)15-17-34-20-18-33(19-21-34)16-8-10-25-23-32-29-14-13-26(31)22-28(25)29/h5-7,11-14,22-24,32H,3-4,8-10,15-21H2,1-2H3. The van der Waals surface area contributed by atoms with Crippen molar-refractivity contribution >= 4 is 22.5 Å². The molecule has 36 heavy (non-hydrogen) atoms. The third kappa shape index (κ3) is 6.95. The smallest absolute Gasteiger partial charge is 0.228 e. The van der Waals surface area contributed by atoms with Crippen LogP contribution in [0.15, 0.2) is 54.7 Å². The molecular formula is C30H41FN4O. The number of H-pyrrole nitrogens is 1. The monoisotopic (exact) mass is 492 g/mol. The lowest BCUT2D eigenvalue weighted by molar-refractivity contribution is -0.119. The summed E-state index contributed by atoms with van der Waals surface area (Å²) in [6.07, 6.45) is 7.89. The zero-order valence-corrected chi connectivity index (χ0v) is 21.9. The highest BCUT2D eigenvalue weighted by atomic mass is 19.1. The zero-order chi connectivity index (χ0) is 25.3. The van der Waals surface area contributed by atoms with Crippen LogP contribution >= 0.6 is 0 Å². The predicted octanol–water partition coefficient (Wildman–Crippen LogP) is 5.86. The van der Waals surface area contributed by atoms with Gasteiger partial charge < -0.3 is 19.7 Å². The van der Waals surface area contributed by atoms with E-state index in [2.05, 4.69) is 28.6 Å². The molecule has 2 heterocycles. The van der Waals surface area contributed by atoms with Crippen LogP contribution in [-0.2, 0) is 11.2 Å². The second-order valence-electron chi connectivity index (χ2n) is 10.1. The fourth-order valence-electron chi connectivity index (χ4n) is 5.32. The number of unbranched alkanes of at least 4 members (excludes halogenated alkanes) is 1. The third-order valence-corrected chi connectivity index (χ3v) is 7.48. The number of carbonyl (C=O) groups excluding carboxylic acids is 1. The summed E-state index contributed by atoms with van der Waals surface area (Å²) in [4.78, 5) is 23.5. The minimum absolute atomic E-state index is 0.180. The van der Waals surface area contributed by atoms with Crippen molar-refractivity contribution in [2.75, 3.05) is 44.2 Å². The Morgan fingerprint density at radius 1 is 1.03 bits per heavy atom. The Bertz CT molecular complexity index is 1090. The number of fused-ring (bicyclic) bond motifs is 1. The van der Waals surface area contributed by atoms with Gasteiger partial charge in [0.1, 0.15) is 5.82 Å². The van der Waals surface area contributed by atoms with Gasteiger partial charge in [-0.25, -0.2) is 4.39 Å². The molecule has 194 valence electrons. The van der Waals surface area contributed by atoms with E-state index in [1.54, 1.807) is 6.07 Å². The normalized spacial score (nSPS) is 15.9. The maximum atomic E-state index is 13.6. The molecule has 1 aliphatic heterocycles. The fourth-order valence-corrected chi connectivity index (χ4v) is 5.32. The van der Waals surface area contributed by atoms with E-state index in [0.29, 0.717) is 6.42 Å². The highest BCUT2D eigenvalue weighted by Crippen LogP contribution is 2.22. The Labute approximate surface area is 215 Å². The maximum Gasteiger partial charge on any atom is 0.228 e. The molecule has 1 aromatic heterocycles. The second-order valence-corrected chi connectivity index (χ2v) is 10.1. The van der Waals surface area contributed by atoms with Crippen LogP contribution in [0.3, 0.4) is 0 Å². The quantitative estimate of drug-likeness (QED) is 0.344. The highest BCUT2D eigenvalue weighted by molar-refractivity contribution is 5.94. The molecule has 0 saturated carbocycles. The number of amides is 1. The summed E-state index contributed by atoms with van der Waals surface area (Å²) < 4.78 is 13.6. The van der Waals surface area contributed by atoms with Crippen LogP contribution in [0.25, 0.3) is 10.9 Å². The second kappa shape index (κ2) is 13.0. The summed E-state index contributed by atoms with van der Waals surface area (Å²) in [5.74, 6) is 0.0441. The molecule has 3 aromatic rings. The third-order valence-electron chi connectivity index (χ3n) is 7.48. The van der Waals surface area contributed by atoms with E-state index in [1.165, 1.54) is 11.6 Å². The molecule has 0 aliphatic carbocycles. The minimum Gasteiger partial charge on any atom is -0.361 e. The number of rotatable bonds is 12. The molecule has 1 amide bonds. The molecule has 5 nitrogen and oxygen atoms in total. The number of hydrogen-bond acceptors (Lipinski definition) is 3. The van der Waals surface area contributed by atoms with Crippen molar-refractivity contribution < 1.29 is 9.18 Å². The van der Waals surface area contributed by atoms with Gasteiger partial charge in [0.15, 0.2) is 0 Å². The van der Waals surface area contributed by atoms with Crippen molar-refractivity contribution in [3.05, 3.63) is 66.1 Å². The van der Waals surface area contributed by atoms with Crippen LogP contribution in [-0.4, -0.2) is 66.0 Å². The first-order valence-corrected chi connectivity index (χ1v) is 13.6. The number of benzene rings is 2. The van der Waals surface area contributed by atoms with E-state index in [1.807, 2.05) is 47.5 Å². The number of aryl methyl sites for hydroxylation is 1. The summed E-state index contributed by atoms with van der Waals surface area (Å²) in [5.41, 5.74) is 3.20.